The normalized spacial score (nSPS) is 16.7. The summed E-state index contributed by atoms with van der Waals surface area (Å²) < 4.78 is 5.66. The Balaban J connectivity index is 1.37. The topological polar surface area (TPSA) is 114 Å². The minimum atomic E-state index is 0.0726. The van der Waals surface area contributed by atoms with Crippen molar-refractivity contribution in [3.63, 3.8) is 0 Å². The molecule has 1 unspecified atom stereocenters. The smallest absolute Gasteiger partial charge is 0.211 e. The highest BCUT2D eigenvalue weighted by Crippen LogP contribution is 2.32. The fourth-order valence-corrected chi connectivity index (χ4v) is 3.76. The molecule has 136 valence electrons. The molecule has 0 saturated carbocycles. The Kier molecular flexibility index (Phi) is 4.11. The summed E-state index contributed by atoms with van der Waals surface area (Å²) in [5, 5.41) is 23.2. The van der Waals surface area contributed by atoms with Gasteiger partial charge in [0.25, 0.3) is 0 Å². The lowest BCUT2D eigenvalue weighted by Gasteiger charge is -2.06. The summed E-state index contributed by atoms with van der Waals surface area (Å²) in [5.41, 5.74) is 3.29. The number of hydrogen-bond donors (Lipinski definition) is 3. The van der Waals surface area contributed by atoms with Crippen molar-refractivity contribution in [2.45, 2.75) is 18.9 Å². The molecule has 0 radical (unpaired) electrons. The maximum absolute atomic E-state index is 5.66. The average molecular weight is 380 g/mol. The third-order valence-electron chi connectivity index (χ3n) is 4.21. The molecule has 0 amide bonds. The molecule has 27 heavy (non-hydrogen) atoms. The Labute approximate surface area is 158 Å². The summed E-state index contributed by atoms with van der Waals surface area (Å²) in [6, 6.07) is 5.75. The van der Waals surface area contributed by atoms with Gasteiger partial charge in [0.1, 0.15) is 16.9 Å². The van der Waals surface area contributed by atoms with Gasteiger partial charge in [-0.25, -0.2) is 4.98 Å². The second-order valence-electron chi connectivity index (χ2n) is 6.14. The van der Waals surface area contributed by atoms with Crippen LogP contribution in [0.3, 0.4) is 0 Å². The van der Waals surface area contributed by atoms with E-state index in [9.17, 15) is 0 Å². The SMILES string of the molecule is c1n[nH]cc1Nc1cnc2ccc(Nc3nnc(C4CCCO4)s3)nc2c1. The maximum atomic E-state index is 5.66. The number of ether oxygens (including phenoxy) is 1. The predicted octanol–water partition coefficient (Wildman–Crippen LogP) is 3.54. The van der Waals surface area contributed by atoms with Crippen LogP contribution in [0, 0.1) is 0 Å². The van der Waals surface area contributed by atoms with Crippen molar-refractivity contribution in [2.75, 3.05) is 17.2 Å². The fourth-order valence-electron chi connectivity index (χ4n) is 2.93. The van der Waals surface area contributed by atoms with Crippen LogP contribution in [0.5, 0.6) is 0 Å². The first-order valence-corrected chi connectivity index (χ1v) is 9.40. The number of aromatic nitrogens is 6. The lowest BCUT2D eigenvalue weighted by atomic mass is 10.2. The van der Waals surface area contributed by atoms with Gasteiger partial charge in [-0.15, -0.1) is 10.2 Å². The second-order valence-corrected chi connectivity index (χ2v) is 7.15. The number of hydrogen-bond acceptors (Lipinski definition) is 9. The number of anilines is 4. The predicted molar refractivity (Wildman–Crippen MR) is 103 cm³/mol. The zero-order valence-electron chi connectivity index (χ0n) is 14.2. The highest BCUT2D eigenvalue weighted by molar-refractivity contribution is 7.15. The quantitative estimate of drug-likeness (QED) is 0.482. The monoisotopic (exact) mass is 380 g/mol. The number of pyridine rings is 2. The van der Waals surface area contributed by atoms with Gasteiger partial charge in [0.15, 0.2) is 0 Å². The van der Waals surface area contributed by atoms with Crippen LogP contribution in [-0.4, -0.2) is 37.0 Å². The van der Waals surface area contributed by atoms with E-state index < -0.39 is 0 Å². The number of rotatable bonds is 5. The van der Waals surface area contributed by atoms with E-state index in [1.807, 2.05) is 18.2 Å². The molecule has 0 aromatic carbocycles. The lowest BCUT2D eigenvalue weighted by Crippen LogP contribution is -1.95. The van der Waals surface area contributed by atoms with Gasteiger partial charge >= 0.3 is 0 Å². The number of fused-ring (bicyclic) bond motifs is 1. The molecule has 1 aliphatic heterocycles. The number of aromatic amines is 1. The van der Waals surface area contributed by atoms with Gasteiger partial charge in [0, 0.05) is 12.8 Å². The molecule has 10 heteroatoms. The molecule has 1 saturated heterocycles. The molecule has 0 spiro atoms. The average Bonchev–Trinajstić information content (AvgIpc) is 3.44. The van der Waals surface area contributed by atoms with E-state index in [4.69, 9.17) is 4.74 Å². The van der Waals surface area contributed by atoms with Crippen LogP contribution in [0.2, 0.25) is 0 Å². The van der Waals surface area contributed by atoms with E-state index in [0.717, 1.165) is 46.9 Å². The van der Waals surface area contributed by atoms with Gasteiger partial charge in [-0.3, -0.25) is 10.1 Å². The van der Waals surface area contributed by atoms with Crippen LogP contribution in [0.1, 0.15) is 24.0 Å². The number of nitrogens with one attached hydrogen (secondary N) is 3. The fraction of sp³-hybridized carbons (Fsp3) is 0.235. The summed E-state index contributed by atoms with van der Waals surface area (Å²) in [4.78, 5) is 9.08. The summed E-state index contributed by atoms with van der Waals surface area (Å²) in [5.74, 6) is 0.694. The van der Waals surface area contributed by atoms with Crippen LogP contribution in [0.4, 0.5) is 22.3 Å². The van der Waals surface area contributed by atoms with E-state index >= 15 is 0 Å². The molecule has 1 atom stereocenters. The van der Waals surface area contributed by atoms with Crippen molar-refractivity contribution in [2.24, 2.45) is 0 Å². The Bertz CT molecular complexity index is 1060. The van der Waals surface area contributed by atoms with Gasteiger partial charge in [0.2, 0.25) is 5.13 Å². The first kappa shape index (κ1) is 16.1. The summed E-state index contributed by atoms with van der Waals surface area (Å²) in [6.45, 7) is 0.793. The van der Waals surface area contributed by atoms with Crippen LogP contribution >= 0.6 is 11.3 Å². The van der Waals surface area contributed by atoms with Gasteiger partial charge < -0.3 is 15.4 Å². The second kappa shape index (κ2) is 6.89. The standard InChI is InChI=1S/C17H16N8OS/c1-2-14(26-5-1)16-24-25-17(27-16)23-15-4-3-12-13(22-15)6-10(7-18-12)21-11-8-19-20-9-11/h3-4,6-9,14,21H,1-2,5H2,(H,19,20)(H,22,23,25). The molecule has 4 aromatic heterocycles. The highest BCUT2D eigenvalue weighted by atomic mass is 32.1. The van der Waals surface area contributed by atoms with Gasteiger partial charge in [0.05, 0.1) is 34.8 Å². The zero-order valence-corrected chi connectivity index (χ0v) is 15.0. The van der Waals surface area contributed by atoms with Crippen molar-refractivity contribution >= 4 is 44.7 Å². The van der Waals surface area contributed by atoms with E-state index in [0.29, 0.717) is 10.9 Å². The van der Waals surface area contributed by atoms with Gasteiger partial charge in [-0.1, -0.05) is 11.3 Å². The van der Waals surface area contributed by atoms with E-state index in [-0.39, 0.29) is 6.10 Å². The summed E-state index contributed by atoms with van der Waals surface area (Å²) >= 11 is 1.50. The molecule has 0 bridgehead atoms. The van der Waals surface area contributed by atoms with Gasteiger partial charge in [-0.05, 0) is 31.0 Å². The van der Waals surface area contributed by atoms with Crippen molar-refractivity contribution in [1.29, 1.82) is 0 Å². The Morgan fingerprint density at radius 3 is 2.96 bits per heavy atom. The third kappa shape index (κ3) is 3.44. The van der Waals surface area contributed by atoms with Crippen molar-refractivity contribution in [1.82, 2.24) is 30.4 Å². The molecule has 1 fully saturated rings. The number of nitrogens with zero attached hydrogens (tertiary/aromatic N) is 5. The van der Waals surface area contributed by atoms with Crippen LogP contribution < -0.4 is 10.6 Å². The van der Waals surface area contributed by atoms with E-state index in [1.54, 1.807) is 18.6 Å². The van der Waals surface area contributed by atoms with Crippen LogP contribution in [0.15, 0.2) is 36.8 Å². The third-order valence-corrected chi connectivity index (χ3v) is 5.14. The Hall–Kier alpha value is -3.11. The van der Waals surface area contributed by atoms with Crippen molar-refractivity contribution in [3.05, 3.63) is 41.8 Å². The van der Waals surface area contributed by atoms with Crippen molar-refractivity contribution < 1.29 is 4.74 Å². The zero-order chi connectivity index (χ0) is 18.1. The van der Waals surface area contributed by atoms with Crippen LogP contribution in [-0.2, 0) is 4.74 Å². The molecular formula is C17H16N8OS. The molecule has 3 N–H and O–H groups in total. The lowest BCUT2D eigenvalue weighted by molar-refractivity contribution is 0.111. The largest absolute Gasteiger partial charge is 0.371 e. The molecule has 0 aliphatic carbocycles. The first-order valence-electron chi connectivity index (χ1n) is 8.58. The summed E-state index contributed by atoms with van der Waals surface area (Å²) in [6.07, 6.45) is 7.39. The maximum Gasteiger partial charge on any atom is 0.211 e. The summed E-state index contributed by atoms with van der Waals surface area (Å²) in [7, 11) is 0. The van der Waals surface area contributed by atoms with Crippen molar-refractivity contribution in [3.8, 4) is 0 Å². The molecule has 5 rings (SSSR count). The highest BCUT2D eigenvalue weighted by Gasteiger charge is 2.22. The molecular weight excluding hydrogens is 364 g/mol. The molecule has 1 aliphatic rings. The minimum absolute atomic E-state index is 0.0726. The van der Waals surface area contributed by atoms with Crippen LogP contribution in [0.25, 0.3) is 11.0 Å². The number of H-pyrrole nitrogens is 1. The Morgan fingerprint density at radius 2 is 2.11 bits per heavy atom. The van der Waals surface area contributed by atoms with Gasteiger partial charge in [-0.2, -0.15) is 5.10 Å². The Morgan fingerprint density at radius 1 is 1.11 bits per heavy atom. The molecule has 4 aromatic rings. The minimum Gasteiger partial charge on any atom is -0.371 e. The first-order chi connectivity index (χ1) is 13.3. The molecule has 9 nitrogen and oxygen atoms in total. The van der Waals surface area contributed by atoms with E-state index in [2.05, 4.69) is 41.0 Å². The molecule has 5 heterocycles. The van der Waals surface area contributed by atoms with E-state index in [1.165, 1.54) is 11.3 Å².